The highest BCUT2D eigenvalue weighted by atomic mass is 35.5. The molecule has 3 aromatic rings. The van der Waals surface area contributed by atoms with Gasteiger partial charge in [-0.2, -0.15) is 5.10 Å². The van der Waals surface area contributed by atoms with Gasteiger partial charge in [0.1, 0.15) is 10.9 Å². The average molecular weight is 394 g/mol. The molecule has 0 radical (unpaired) electrons. The van der Waals surface area contributed by atoms with Gasteiger partial charge in [0.2, 0.25) is 5.91 Å². The number of methoxy groups -OCH3 is 1. The maximum atomic E-state index is 12.3. The van der Waals surface area contributed by atoms with E-state index in [0.717, 1.165) is 39.1 Å². The molecule has 28 heavy (non-hydrogen) atoms. The molecule has 1 amide bonds. The molecule has 2 heterocycles. The fourth-order valence-electron chi connectivity index (χ4n) is 3.54. The lowest BCUT2D eigenvalue weighted by Crippen LogP contribution is -2.24. The summed E-state index contributed by atoms with van der Waals surface area (Å²) >= 11 is 6.53. The normalized spacial score (nSPS) is 16.4. The maximum absolute atomic E-state index is 12.3. The number of fused-ring (bicyclic) bond motifs is 1. The number of amides is 1. The molecule has 6 heteroatoms. The SMILES string of the molecule is COc1ccc2cc(C3CC(c4cccc(C)c4)=NN3C(C)=O)c(Cl)nc2c1. The number of nitrogens with zero attached hydrogens (tertiary/aromatic N) is 3. The van der Waals surface area contributed by atoms with Crippen LogP contribution in [0.15, 0.2) is 53.6 Å². The third kappa shape index (κ3) is 3.34. The standard InChI is InChI=1S/C22H20ClN3O2/c1-13-5-4-6-15(9-13)20-12-21(26(25-20)14(2)27)18-10-16-7-8-17(28-3)11-19(16)24-22(18)23/h4-11,21H,12H2,1-3H3. The molecule has 142 valence electrons. The summed E-state index contributed by atoms with van der Waals surface area (Å²) in [6, 6.07) is 15.5. The quantitative estimate of drug-likeness (QED) is 0.594. The van der Waals surface area contributed by atoms with E-state index < -0.39 is 0 Å². The van der Waals surface area contributed by atoms with Gasteiger partial charge in [-0.3, -0.25) is 4.79 Å². The molecular formula is C22H20ClN3O2. The van der Waals surface area contributed by atoms with Crippen molar-refractivity contribution in [2.75, 3.05) is 7.11 Å². The third-order valence-electron chi connectivity index (χ3n) is 4.95. The van der Waals surface area contributed by atoms with Gasteiger partial charge in [-0.15, -0.1) is 0 Å². The highest BCUT2D eigenvalue weighted by molar-refractivity contribution is 6.30. The summed E-state index contributed by atoms with van der Waals surface area (Å²) < 4.78 is 5.26. The molecule has 0 saturated heterocycles. The topological polar surface area (TPSA) is 54.8 Å². The van der Waals surface area contributed by atoms with E-state index >= 15 is 0 Å². The zero-order valence-corrected chi connectivity index (χ0v) is 16.7. The second kappa shape index (κ2) is 7.24. The average Bonchev–Trinajstić information content (AvgIpc) is 3.12. The second-order valence-corrected chi connectivity index (χ2v) is 7.28. The zero-order valence-electron chi connectivity index (χ0n) is 15.9. The molecule has 2 aromatic carbocycles. The van der Waals surface area contributed by atoms with E-state index in [1.165, 1.54) is 11.9 Å². The molecule has 0 fully saturated rings. The van der Waals surface area contributed by atoms with Gasteiger partial charge >= 0.3 is 0 Å². The largest absolute Gasteiger partial charge is 0.497 e. The van der Waals surface area contributed by atoms with Gasteiger partial charge in [0, 0.05) is 30.4 Å². The van der Waals surface area contributed by atoms with Crippen LogP contribution in [0.4, 0.5) is 0 Å². The molecule has 4 rings (SSSR count). The van der Waals surface area contributed by atoms with Crippen molar-refractivity contribution in [3.63, 3.8) is 0 Å². The van der Waals surface area contributed by atoms with E-state index in [4.69, 9.17) is 16.3 Å². The van der Waals surface area contributed by atoms with Crippen LogP contribution in [0.1, 0.15) is 36.1 Å². The van der Waals surface area contributed by atoms with Gasteiger partial charge in [-0.25, -0.2) is 9.99 Å². The first-order chi connectivity index (χ1) is 13.5. The first-order valence-electron chi connectivity index (χ1n) is 9.05. The number of hydrogen-bond acceptors (Lipinski definition) is 4. The van der Waals surface area contributed by atoms with Crippen LogP contribution in [0, 0.1) is 6.92 Å². The molecule has 1 aromatic heterocycles. The van der Waals surface area contributed by atoms with Crippen molar-refractivity contribution >= 4 is 34.1 Å². The van der Waals surface area contributed by atoms with Crippen molar-refractivity contribution in [3.05, 3.63) is 70.4 Å². The van der Waals surface area contributed by atoms with E-state index in [1.807, 2.05) is 49.4 Å². The highest BCUT2D eigenvalue weighted by Gasteiger charge is 2.33. The Morgan fingerprint density at radius 1 is 1.21 bits per heavy atom. The first kappa shape index (κ1) is 18.4. The summed E-state index contributed by atoms with van der Waals surface area (Å²) in [7, 11) is 1.62. The van der Waals surface area contributed by atoms with Crippen LogP contribution in [0.5, 0.6) is 5.75 Å². The Kier molecular flexibility index (Phi) is 4.77. The third-order valence-corrected chi connectivity index (χ3v) is 5.25. The molecule has 0 aliphatic carbocycles. The first-order valence-corrected chi connectivity index (χ1v) is 9.42. The molecule has 1 aliphatic rings. The van der Waals surface area contributed by atoms with Gasteiger partial charge in [0.05, 0.1) is 24.4 Å². The summed E-state index contributed by atoms with van der Waals surface area (Å²) in [6.07, 6.45) is 0.589. The lowest BCUT2D eigenvalue weighted by atomic mass is 9.97. The van der Waals surface area contributed by atoms with Gasteiger partial charge in [-0.1, -0.05) is 41.4 Å². The predicted octanol–water partition coefficient (Wildman–Crippen LogP) is 4.90. The van der Waals surface area contributed by atoms with Crippen LogP contribution >= 0.6 is 11.6 Å². The van der Waals surface area contributed by atoms with Crippen molar-refractivity contribution in [3.8, 4) is 5.75 Å². The van der Waals surface area contributed by atoms with Crippen molar-refractivity contribution in [2.24, 2.45) is 5.10 Å². The van der Waals surface area contributed by atoms with Crippen LogP contribution < -0.4 is 4.74 Å². The number of hydrazone groups is 1. The summed E-state index contributed by atoms with van der Waals surface area (Å²) in [4.78, 5) is 16.8. The monoisotopic (exact) mass is 393 g/mol. The molecule has 1 atom stereocenters. The minimum Gasteiger partial charge on any atom is -0.497 e. The van der Waals surface area contributed by atoms with Gasteiger partial charge in [-0.05, 0) is 30.7 Å². The van der Waals surface area contributed by atoms with Gasteiger partial charge in [0.25, 0.3) is 0 Å². The number of ether oxygens (including phenoxy) is 1. The van der Waals surface area contributed by atoms with Crippen molar-refractivity contribution in [1.82, 2.24) is 9.99 Å². The number of aryl methyl sites for hydroxylation is 1. The fraction of sp³-hybridized carbons (Fsp3) is 0.227. The minimum atomic E-state index is -0.278. The number of hydrogen-bond donors (Lipinski definition) is 0. The van der Waals surface area contributed by atoms with Gasteiger partial charge < -0.3 is 4.74 Å². The Morgan fingerprint density at radius 3 is 2.75 bits per heavy atom. The number of halogens is 1. The number of benzene rings is 2. The van der Waals surface area contributed by atoms with Crippen molar-refractivity contribution < 1.29 is 9.53 Å². The van der Waals surface area contributed by atoms with Crippen LogP contribution in [-0.4, -0.2) is 28.7 Å². The van der Waals surface area contributed by atoms with Crippen LogP contribution in [0.2, 0.25) is 5.15 Å². The summed E-state index contributed by atoms with van der Waals surface area (Å²) in [5.41, 5.74) is 4.58. The smallest absolute Gasteiger partial charge is 0.240 e. The molecular weight excluding hydrogens is 374 g/mol. The Balaban J connectivity index is 1.75. The number of carbonyl (C=O) groups excluding carboxylic acids is 1. The summed E-state index contributed by atoms with van der Waals surface area (Å²) in [5.74, 6) is 0.596. The maximum Gasteiger partial charge on any atom is 0.240 e. The number of aromatic nitrogens is 1. The van der Waals surface area contributed by atoms with Crippen molar-refractivity contribution in [1.29, 1.82) is 0 Å². The van der Waals surface area contributed by atoms with Gasteiger partial charge in [0.15, 0.2) is 0 Å². The number of pyridine rings is 1. The summed E-state index contributed by atoms with van der Waals surface area (Å²) in [5, 5.41) is 7.42. The summed E-state index contributed by atoms with van der Waals surface area (Å²) in [6.45, 7) is 3.56. The zero-order chi connectivity index (χ0) is 19.8. The fourth-order valence-corrected chi connectivity index (χ4v) is 3.81. The van der Waals surface area contributed by atoms with Crippen LogP contribution in [0.3, 0.4) is 0 Å². The molecule has 1 aliphatic heterocycles. The number of rotatable bonds is 3. The van der Waals surface area contributed by atoms with E-state index in [9.17, 15) is 4.79 Å². The molecule has 0 N–H and O–H groups in total. The van der Waals surface area contributed by atoms with E-state index in [0.29, 0.717) is 11.6 Å². The molecule has 0 bridgehead atoms. The van der Waals surface area contributed by atoms with E-state index in [2.05, 4.69) is 16.2 Å². The molecule has 0 spiro atoms. The molecule has 5 nitrogen and oxygen atoms in total. The Hall–Kier alpha value is -2.92. The van der Waals surface area contributed by atoms with E-state index in [-0.39, 0.29) is 11.9 Å². The lowest BCUT2D eigenvalue weighted by molar-refractivity contribution is -0.130. The highest BCUT2D eigenvalue weighted by Crippen LogP contribution is 2.37. The van der Waals surface area contributed by atoms with Crippen LogP contribution in [0.25, 0.3) is 10.9 Å². The Morgan fingerprint density at radius 2 is 2.04 bits per heavy atom. The molecule has 0 saturated carbocycles. The predicted molar refractivity (Wildman–Crippen MR) is 111 cm³/mol. The molecule has 1 unspecified atom stereocenters. The number of carbonyl (C=O) groups is 1. The second-order valence-electron chi connectivity index (χ2n) is 6.93. The lowest BCUT2D eigenvalue weighted by Gasteiger charge is -2.21. The Labute approximate surface area is 168 Å². The van der Waals surface area contributed by atoms with Crippen LogP contribution in [-0.2, 0) is 4.79 Å². The Bertz CT molecular complexity index is 1110. The van der Waals surface area contributed by atoms with Crippen molar-refractivity contribution in [2.45, 2.75) is 26.3 Å². The minimum absolute atomic E-state index is 0.126. The van der Waals surface area contributed by atoms with E-state index in [1.54, 1.807) is 7.11 Å².